The summed E-state index contributed by atoms with van der Waals surface area (Å²) in [4.78, 5) is 4.41. The maximum Gasteiger partial charge on any atom is 0.257 e. The lowest BCUT2D eigenvalue weighted by Gasteiger charge is -2.05. The van der Waals surface area contributed by atoms with E-state index < -0.39 is 0 Å². The van der Waals surface area contributed by atoms with Crippen molar-refractivity contribution >= 4 is 5.69 Å². The van der Waals surface area contributed by atoms with Crippen LogP contribution in [0, 0.1) is 0 Å². The average Bonchev–Trinajstić information content (AvgIpc) is 2.97. The number of nitrogens with two attached hydrogens (primary N) is 1. The Labute approximate surface area is 122 Å². The predicted molar refractivity (Wildman–Crippen MR) is 79.9 cm³/mol. The van der Waals surface area contributed by atoms with Crippen LogP contribution in [0.5, 0.6) is 5.75 Å². The van der Waals surface area contributed by atoms with Crippen LogP contribution in [0.1, 0.15) is 11.4 Å². The van der Waals surface area contributed by atoms with Gasteiger partial charge in [-0.2, -0.15) is 4.98 Å². The standard InChI is InChI=1S/C16H15N3O2/c1-20-14-5-3-2-4-12(14)10-15-18-16(21-19-15)11-6-8-13(17)9-7-11/h2-9H,10,17H2,1H3. The van der Waals surface area contributed by atoms with Gasteiger partial charge in [0.15, 0.2) is 5.82 Å². The molecule has 1 heterocycles. The number of benzene rings is 2. The van der Waals surface area contributed by atoms with Gasteiger partial charge in [-0.1, -0.05) is 23.4 Å². The molecule has 0 spiro atoms. The fourth-order valence-electron chi connectivity index (χ4n) is 2.09. The van der Waals surface area contributed by atoms with Crippen molar-refractivity contribution in [3.05, 3.63) is 59.9 Å². The molecule has 1 aromatic heterocycles. The summed E-state index contributed by atoms with van der Waals surface area (Å²) in [6.45, 7) is 0. The van der Waals surface area contributed by atoms with E-state index >= 15 is 0 Å². The van der Waals surface area contributed by atoms with E-state index in [9.17, 15) is 0 Å². The maximum absolute atomic E-state index is 5.66. The average molecular weight is 281 g/mol. The molecular formula is C16H15N3O2. The quantitative estimate of drug-likeness (QED) is 0.744. The van der Waals surface area contributed by atoms with Gasteiger partial charge >= 0.3 is 0 Å². The van der Waals surface area contributed by atoms with E-state index in [0.717, 1.165) is 16.9 Å². The van der Waals surface area contributed by atoms with Crippen LogP contribution in [0.15, 0.2) is 53.1 Å². The van der Waals surface area contributed by atoms with E-state index in [1.54, 1.807) is 19.2 Å². The number of para-hydroxylation sites is 1. The number of methoxy groups -OCH3 is 1. The molecule has 5 nitrogen and oxygen atoms in total. The lowest BCUT2D eigenvalue weighted by atomic mass is 10.1. The Morgan fingerprint density at radius 1 is 1.10 bits per heavy atom. The monoisotopic (exact) mass is 281 g/mol. The molecule has 0 amide bonds. The maximum atomic E-state index is 5.66. The van der Waals surface area contributed by atoms with Gasteiger partial charge in [0.05, 0.1) is 7.11 Å². The lowest BCUT2D eigenvalue weighted by Crippen LogP contribution is -1.95. The van der Waals surface area contributed by atoms with Gasteiger partial charge in [0, 0.05) is 23.2 Å². The van der Waals surface area contributed by atoms with E-state index in [4.69, 9.17) is 15.0 Å². The van der Waals surface area contributed by atoms with Gasteiger partial charge in [-0.05, 0) is 30.3 Å². The second kappa shape index (κ2) is 5.66. The van der Waals surface area contributed by atoms with Crippen molar-refractivity contribution < 1.29 is 9.26 Å². The molecule has 0 aliphatic rings. The van der Waals surface area contributed by atoms with E-state index in [1.165, 1.54) is 0 Å². The van der Waals surface area contributed by atoms with E-state index in [2.05, 4.69) is 10.1 Å². The second-order valence-corrected chi connectivity index (χ2v) is 4.63. The zero-order valence-electron chi connectivity index (χ0n) is 11.6. The van der Waals surface area contributed by atoms with Crippen molar-refractivity contribution in [3.8, 4) is 17.2 Å². The minimum Gasteiger partial charge on any atom is -0.496 e. The Kier molecular flexibility index (Phi) is 3.55. The fourth-order valence-corrected chi connectivity index (χ4v) is 2.09. The molecule has 21 heavy (non-hydrogen) atoms. The first-order valence-electron chi connectivity index (χ1n) is 6.56. The molecule has 5 heteroatoms. The molecule has 0 saturated heterocycles. The Bertz CT molecular complexity index is 735. The number of aromatic nitrogens is 2. The van der Waals surface area contributed by atoms with Crippen LogP contribution in [0.4, 0.5) is 5.69 Å². The third-order valence-corrected chi connectivity index (χ3v) is 3.17. The Balaban J connectivity index is 1.83. The molecule has 3 rings (SSSR count). The molecule has 0 saturated carbocycles. The smallest absolute Gasteiger partial charge is 0.257 e. The summed E-state index contributed by atoms with van der Waals surface area (Å²) in [7, 11) is 1.65. The third-order valence-electron chi connectivity index (χ3n) is 3.17. The summed E-state index contributed by atoms with van der Waals surface area (Å²) in [5.74, 6) is 1.92. The minimum absolute atomic E-state index is 0.486. The van der Waals surface area contributed by atoms with E-state index in [0.29, 0.717) is 23.8 Å². The number of anilines is 1. The summed E-state index contributed by atoms with van der Waals surface area (Å²) in [6, 6.07) is 15.1. The molecule has 0 fully saturated rings. The molecule has 3 aromatic rings. The molecular weight excluding hydrogens is 266 g/mol. The summed E-state index contributed by atoms with van der Waals surface area (Å²) in [6.07, 6.45) is 0.558. The van der Waals surface area contributed by atoms with Gasteiger partial charge in [0.25, 0.3) is 5.89 Å². The first kappa shape index (κ1) is 13.2. The number of nitrogen functional groups attached to an aromatic ring is 1. The van der Waals surface area contributed by atoms with Gasteiger partial charge in [-0.3, -0.25) is 0 Å². The Morgan fingerprint density at radius 2 is 1.86 bits per heavy atom. The summed E-state index contributed by atoms with van der Waals surface area (Å²) < 4.78 is 10.6. The molecule has 0 atom stereocenters. The highest BCUT2D eigenvalue weighted by Gasteiger charge is 2.11. The highest BCUT2D eigenvalue weighted by molar-refractivity contribution is 5.57. The molecule has 106 valence electrons. The first-order chi connectivity index (χ1) is 10.3. The highest BCUT2D eigenvalue weighted by atomic mass is 16.5. The van der Waals surface area contributed by atoms with Crippen LogP contribution >= 0.6 is 0 Å². The van der Waals surface area contributed by atoms with Crippen molar-refractivity contribution in [2.24, 2.45) is 0 Å². The lowest BCUT2D eigenvalue weighted by molar-refractivity contribution is 0.408. The van der Waals surface area contributed by atoms with Crippen molar-refractivity contribution in [3.63, 3.8) is 0 Å². The summed E-state index contributed by atoms with van der Waals surface area (Å²) >= 11 is 0. The van der Waals surface area contributed by atoms with Crippen LogP contribution < -0.4 is 10.5 Å². The Hall–Kier alpha value is -2.82. The number of hydrogen-bond acceptors (Lipinski definition) is 5. The zero-order valence-corrected chi connectivity index (χ0v) is 11.6. The highest BCUT2D eigenvalue weighted by Crippen LogP contribution is 2.22. The van der Waals surface area contributed by atoms with Crippen LogP contribution in [0.25, 0.3) is 11.5 Å². The normalized spacial score (nSPS) is 10.5. The molecule has 2 N–H and O–H groups in total. The second-order valence-electron chi connectivity index (χ2n) is 4.63. The van der Waals surface area contributed by atoms with Crippen LogP contribution in [0.2, 0.25) is 0 Å². The predicted octanol–water partition coefficient (Wildman–Crippen LogP) is 2.92. The van der Waals surface area contributed by atoms with Gasteiger partial charge in [0.2, 0.25) is 0 Å². The zero-order chi connectivity index (χ0) is 14.7. The topological polar surface area (TPSA) is 74.2 Å². The third kappa shape index (κ3) is 2.86. The fraction of sp³-hybridized carbons (Fsp3) is 0.125. The van der Waals surface area contributed by atoms with Crippen LogP contribution in [-0.4, -0.2) is 17.3 Å². The molecule has 0 radical (unpaired) electrons. The number of rotatable bonds is 4. The number of nitrogens with zero attached hydrogens (tertiary/aromatic N) is 2. The summed E-state index contributed by atoms with van der Waals surface area (Å²) in [5, 5.41) is 4.01. The molecule has 0 unspecified atom stereocenters. The van der Waals surface area contributed by atoms with E-state index in [1.807, 2.05) is 36.4 Å². The molecule has 0 aliphatic heterocycles. The molecule has 2 aromatic carbocycles. The summed E-state index contributed by atoms with van der Waals surface area (Å²) in [5.41, 5.74) is 8.23. The molecule has 0 aliphatic carbocycles. The van der Waals surface area contributed by atoms with Crippen molar-refractivity contribution in [2.45, 2.75) is 6.42 Å². The first-order valence-corrected chi connectivity index (χ1v) is 6.56. The SMILES string of the molecule is COc1ccccc1Cc1noc(-c2ccc(N)cc2)n1. The van der Waals surface area contributed by atoms with Gasteiger partial charge in [0.1, 0.15) is 5.75 Å². The van der Waals surface area contributed by atoms with Gasteiger partial charge in [-0.15, -0.1) is 0 Å². The largest absolute Gasteiger partial charge is 0.496 e. The number of ether oxygens (including phenoxy) is 1. The minimum atomic E-state index is 0.486. The van der Waals surface area contributed by atoms with E-state index in [-0.39, 0.29) is 0 Å². The van der Waals surface area contributed by atoms with Crippen molar-refractivity contribution in [1.82, 2.24) is 10.1 Å². The van der Waals surface area contributed by atoms with Gasteiger partial charge in [-0.25, -0.2) is 0 Å². The van der Waals surface area contributed by atoms with Crippen LogP contribution in [-0.2, 0) is 6.42 Å². The van der Waals surface area contributed by atoms with Crippen molar-refractivity contribution in [1.29, 1.82) is 0 Å². The van der Waals surface area contributed by atoms with Gasteiger partial charge < -0.3 is 15.0 Å². The Morgan fingerprint density at radius 3 is 2.62 bits per heavy atom. The number of hydrogen-bond donors (Lipinski definition) is 1. The van der Waals surface area contributed by atoms with Crippen LogP contribution in [0.3, 0.4) is 0 Å². The van der Waals surface area contributed by atoms with Crippen molar-refractivity contribution in [2.75, 3.05) is 12.8 Å². The molecule has 0 bridgehead atoms.